The molecule has 1 amide bonds. The molecule has 2 N–H and O–H groups in total. The number of nitrogens with zero attached hydrogens (tertiary/aromatic N) is 1. The van der Waals surface area contributed by atoms with Crippen molar-refractivity contribution in [1.82, 2.24) is 9.88 Å². The van der Waals surface area contributed by atoms with E-state index in [1.807, 2.05) is 23.1 Å². The number of ether oxygens (including phenoxy) is 1. The first kappa shape index (κ1) is 19.7. The van der Waals surface area contributed by atoms with Gasteiger partial charge in [0.15, 0.2) is 0 Å². The molecule has 0 aliphatic carbocycles. The van der Waals surface area contributed by atoms with Crippen LogP contribution in [0.1, 0.15) is 34.0 Å². The first-order valence-electron chi connectivity index (χ1n) is 11.3. The molecule has 0 saturated heterocycles. The number of carbonyl (C=O) groups excluding carboxylic acids is 1. The molecule has 4 aromatic rings. The molecule has 2 aliphatic heterocycles. The molecule has 5 nitrogen and oxygen atoms in total. The molecule has 3 heterocycles. The van der Waals surface area contributed by atoms with Crippen LogP contribution in [0.25, 0.3) is 17.0 Å². The number of phenolic OH excluding ortho intramolecular Hbond substituents is 1. The number of rotatable bonds is 3. The van der Waals surface area contributed by atoms with E-state index in [0.29, 0.717) is 13.2 Å². The van der Waals surface area contributed by atoms with Crippen LogP contribution in [0, 0.1) is 0 Å². The lowest BCUT2D eigenvalue weighted by Gasteiger charge is -2.36. The van der Waals surface area contributed by atoms with Crippen LogP contribution in [0.3, 0.4) is 0 Å². The van der Waals surface area contributed by atoms with E-state index < -0.39 is 0 Å². The third kappa shape index (κ3) is 3.46. The first-order chi connectivity index (χ1) is 16.2. The van der Waals surface area contributed by atoms with Crippen molar-refractivity contribution in [2.45, 2.75) is 18.9 Å². The largest absolute Gasteiger partial charge is 0.508 e. The second-order valence-corrected chi connectivity index (χ2v) is 8.64. The molecule has 6 rings (SSSR count). The minimum absolute atomic E-state index is 0.0515. The average molecular weight is 437 g/mol. The van der Waals surface area contributed by atoms with Crippen molar-refractivity contribution in [3.8, 4) is 11.5 Å². The van der Waals surface area contributed by atoms with Crippen molar-refractivity contribution < 1.29 is 14.6 Å². The van der Waals surface area contributed by atoms with Gasteiger partial charge in [0.05, 0.1) is 12.6 Å². The van der Waals surface area contributed by atoms with Gasteiger partial charge in [-0.25, -0.2) is 0 Å². The zero-order valence-corrected chi connectivity index (χ0v) is 18.1. The zero-order valence-electron chi connectivity index (χ0n) is 18.1. The van der Waals surface area contributed by atoms with Gasteiger partial charge in [-0.2, -0.15) is 0 Å². The SMILES string of the molecule is O=C(/C=C/c1cccc(O)c1)N1CCc2c([nH]c3ccccc23)[C@H]1c1ccc2c(c1)CCO2. The number of aromatic hydroxyl groups is 1. The van der Waals surface area contributed by atoms with E-state index in [2.05, 4.69) is 35.3 Å². The molecular formula is C28H24N2O3. The summed E-state index contributed by atoms with van der Waals surface area (Å²) in [5.41, 5.74) is 6.54. The molecule has 0 fully saturated rings. The number of hydrogen-bond acceptors (Lipinski definition) is 3. The fourth-order valence-electron chi connectivity index (χ4n) is 5.09. The van der Waals surface area contributed by atoms with Gasteiger partial charge in [-0.15, -0.1) is 0 Å². The van der Waals surface area contributed by atoms with Crippen LogP contribution in [-0.2, 0) is 17.6 Å². The number of carbonyl (C=O) groups is 1. The lowest BCUT2D eigenvalue weighted by Crippen LogP contribution is -2.39. The van der Waals surface area contributed by atoms with Crippen LogP contribution in [-0.4, -0.2) is 34.0 Å². The Morgan fingerprint density at radius 2 is 1.97 bits per heavy atom. The maximum atomic E-state index is 13.4. The molecule has 5 heteroatoms. The van der Waals surface area contributed by atoms with Gasteiger partial charge in [0.2, 0.25) is 5.91 Å². The van der Waals surface area contributed by atoms with Crippen molar-refractivity contribution in [2.75, 3.05) is 13.2 Å². The number of nitrogens with one attached hydrogen (secondary N) is 1. The van der Waals surface area contributed by atoms with Crippen molar-refractivity contribution in [1.29, 1.82) is 0 Å². The summed E-state index contributed by atoms with van der Waals surface area (Å²) in [5, 5.41) is 11.0. The fourth-order valence-corrected chi connectivity index (χ4v) is 5.09. The highest BCUT2D eigenvalue weighted by molar-refractivity contribution is 5.93. The van der Waals surface area contributed by atoms with E-state index in [9.17, 15) is 9.90 Å². The van der Waals surface area contributed by atoms with Gasteiger partial charge in [-0.1, -0.05) is 36.4 Å². The predicted octanol–water partition coefficient (Wildman–Crippen LogP) is 5.00. The Hall–Kier alpha value is -3.99. The second-order valence-electron chi connectivity index (χ2n) is 8.64. The Morgan fingerprint density at radius 3 is 2.88 bits per heavy atom. The Morgan fingerprint density at radius 1 is 1.06 bits per heavy atom. The average Bonchev–Trinajstić information content (AvgIpc) is 3.46. The van der Waals surface area contributed by atoms with E-state index in [0.717, 1.165) is 40.9 Å². The Kier molecular flexibility index (Phi) is 4.68. The Bertz CT molecular complexity index is 1400. The lowest BCUT2D eigenvalue weighted by molar-refractivity contribution is -0.128. The molecule has 1 aromatic heterocycles. The number of amides is 1. The number of benzene rings is 3. The minimum atomic E-state index is -0.201. The summed E-state index contributed by atoms with van der Waals surface area (Å²) in [7, 11) is 0. The maximum Gasteiger partial charge on any atom is 0.247 e. The van der Waals surface area contributed by atoms with E-state index in [-0.39, 0.29) is 17.7 Å². The smallest absolute Gasteiger partial charge is 0.247 e. The third-order valence-electron chi connectivity index (χ3n) is 6.64. The first-order valence-corrected chi connectivity index (χ1v) is 11.3. The normalized spacial score (nSPS) is 17.2. The van der Waals surface area contributed by atoms with Gasteiger partial charge in [0, 0.05) is 35.6 Å². The van der Waals surface area contributed by atoms with E-state index in [1.54, 1.807) is 30.4 Å². The Labute approximate surface area is 191 Å². The molecular weight excluding hydrogens is 412 g/mol. The Balaban J connectivity index is 1.42. The molecule has 0 bridgehead atoms. The monoisotopic (exact) mass is 436 g/mol. The zero-order chi connectivity index (χ0) is 22.4. The number of H-pyrrole nitrogens is 1. The highest BCUT2D eigenvalue weighted by Gasteiger charge is 2.34. The second kappa shape index (κ2) is 7.85. The van der Waals surface area contributed by atoms with Crippen molar-refractivity contribution in [3.63, 3.8) is 0 Å². The summed E-state index contributed by atoms with van der Waals surface area (Å²) >= 11 is 0. The van der Waals surface area contributed by atoms with E-state index >= 15 is 0 Å². The van der Waals surface area contributed by atoms with Crippen LogP contribution in [0.5, 0.6) is 11.5 Å². The molecule has 33 heavy (non-hydrogen) atoms. The van der Waals surface area contributed by atoms with Gasteiger partial charge in [-0.05, 0) is 65.1 Å². The summed E-state index contributed by atoms with van der Waals surface area (Å²) < 4.78 is 5.71. The van der Waals surface area contributed by atoms with Crippen LogP contribution in [0.4, 0.5) is 0 Å². The molecule has 0 unspecified atom stereocenters. The highest BCUT2D eigenvalue weighted by atomic mass is 16.5. The van der Waals surface area contributed by atoms with Crippen LogP contribution >= 0.6 is 0 Å². The van der Waals surface area contributed by atoms with Crippen LogP contribution < -0.4 is 4.74 Å². The molecule has 0 spiro atoms. The molecule has 3 aromatic carbocycles. The summed E-state index contributed by atoms with van der Waals surface area (Å²) in [5.74, 6) is 1.07. The number of hydrogen-bond donors (Lipinski definition) is 2. The quantitative estimate of drug-likeness (QED) is 0.445. The standard InChI is InChI=1S/C28H24N2O3/c31-21-5-3-4-18(16-21)8-11-26(32)30-14-12-23-22-6-1-2-7-24(22)29-27(23)28(30)20-9-10-25-19(17-20)13-15-33-25/h1-11,16-17,28-29,31H,12-15H2/b11-8+/t28-/m1/s1. The topological polar surface area (TPSA) is 65.6 Å². The lowest BCUT2D eigenvalue weighted by atomic mass is 9.91. The van der Waals surface area contributed by atoms with Gasteiger partial charge in [0.25, 0.3) is 0 Å². The number of aromatic nitrogens is 1. The van der Waals surface area contributed by atoms with Gasteiger partial charge in [-0.3, -0.25) is 4.79 Å². The van der Waals surface area contributed by atoms with E-state index in [4.69, 9.17) is 4.74 Å². The van der Waals surface area contributed by atoms with E-state index in [1.165, 1.54) is 16.5 Å². The number of phenols is 1. The van der Waals surface area contributed by atoms with Gasteiger partial charge in [0.1, 0.15) is 11.5 Å². The number of para-hydroxylation sites is 1. The number of fused-ring (bicyclic) bond motifs is 4. The van der Waals surface area contributed by atoms with Gasteiger partial charge < -0.3 is 19.7 Å². The summed E-state index contributed by atoms with van der Waals surface area (Å²) in [4.78, 5) is 19.0. The van der Waals surface area contributed by atoms with Crippen molar-refractivity contribution in [2.24, 2.45) is 0 Å². The molecule has 164 valence electrons. The van der Waals surface area contributed by atoms with Crippen LogP contribution in [0.15, 0.2) is 72.8 Å². The molecule has 0 saturated carbocycles. The van der Waals surface area contributed by atoms with Crippen molar-refractivity contribution in [3.05, 3.63) is 101 Å². The summed E-state index contributed by atoms with van der Waals surface area (Å²) in [6.07, 6.45) is 5.05. The van der Waals surface area contributed by atoms with Gasteiger partial charge >= 0.3 is 0 Å². The highest BCUT2D eigenvalue weighted by Crippen LogP contribution is 2.40. The fraction of sp³-hybridized carbons (Fsp3) is 0.179. The third-order valence-corrected chi connectivity index (χ3v) is 6.64. The van der Waals surface area contributed by atoms with Crippen molar-refractivity contribution >= 4 is 22.9 Å². The predicted molar refractivity (Wildman–Crippen MR) is 128 cm³/mol. The molecule has 0 radical (unpaired) electrons. The summed E-state index contributed by atoms with van der Waals surface area (Å²) in [6, 6.07) is 21.3. The molecule has 1 atom stereocenters. The van der Waals surface area contributed by atoms with Crippen LogP contribution in [0.2, 0.25) is 0 Å². The minimum Gasteiger partial charge on any atom is -0.508 e. The number of aromatic amines is 1. The maximum absolute atomic E-state index is 13.4. The molecule has 2 aliphatic rings. The summed E-state index contributed by atoms with van der Waals surface area (Å²) in [6.45, 7) is 1.34.